The van der Waals surface area contributed by atoms with Crippen LogP contribution in [-0.4, -0.2) is 18.4 Å². The van der Waals surface area contributed by atoms with Crippen molar-refractivity contribution in [3.63, 3.8) is 0 Å². The molecule has 0 aliphatic heterocycles. The Kier molecular flexibility index (Phi) is 5.66. The van der Waals surface area contributed by atoms with E-state index in [1.165, 1.54) is 18.2 Å². The Morgan fingerprint density at radius 2 is 1.86 bits per heavy atom. The maximum atomic E-state index is 13.5. The van der Waals surface area contributed by atoms with Gasteiger partial charge in [-0.25, -0.2) is 4.39 Å². The van der Waals surface area contributed by atoms with Crippen LogP contribution in [0.2, 0.25) is 0 Å². The average Bonchev–Trinajstić information content (AvgIpc) is 2.54. The number of amides is 1. The van der Waals surface area contributed by atoms with E-state index < -0.39 is 17.7 Å². The van der Waals surface area contributed by atoms with E-state index in [1.807, 2.05) is 30.3 Å². The topological polar surface area (TPSA) is 55.4 Å². The molecule has 2 aromatic rings. The van der Waals surface area contributed by atoms with Gasteiger partial charge in [0.2, 0.25) is 0 Å². The molecule has 4 nitrogen and oxygen atoms in total. The molecule has 0 saturated carbocycles. The number of benzene rings is 2. The summed E-state index contributed by atoms with van der Waals surface area (Å²) in [5.74, 6) is -1.92. The number of carbonyl (C=O) groups is 2. The minimum absolute atomic E-state index is 0.126. The molecule has 0 aromatic heterocycles. The number of nitrogens with one attached hydrogen (secondary N) is 1. The van der Waals surface area contributed by atoms with Gasteiger partial charge in [0.25, 0.3) is 5.91 Å². The number of hydrogen-bond acceptors (Lipinski definition) is 3. The van der Waals surface area contributed by atoms with Gasteiger partial charge in [0, 0.05) is 4.47 Å². The van der Waals surface area contributed by atoms with Crippen LogP contribution in [0.4, 0.5) is 4.39 Å². The molecule has 6 heteroatoms. The second-order valence-corrected chi connectivity index (χ2v) is 5.37. The van der Waals surface area contributed by atoms with Crippen molar-refractivity contribution in [2.75, 3.05) is 6.54 Å². The fraction of sp³-hybridized carbons (Fsp3) is 0.125. The van der Waals surface area contributed by atoms with Crippen LogP contribution in [0, 0.1) is 5.82 Å². The van der Waals surface area contributed by atoms with E-state index in [0.29, 0.717) is 4.47 Å². The molecule has 2 rings (SSSR count). The maximum absolute atomic E-state index is 13.5. The molecule has 0 aliphatic rings. The van der Waals surface area contributed by atoms with Crippen LogP contribution in [0.1, 0.15) is 15.9 Å². The lowest BCUT2D eigenvalue weighted by atomic mass is 10.2. The van der Waals surface area contributed by atoms with E-state index in [2.05, 4.69) is 21.2 Å². The predicted molar refractivity (Wildman–Crippen MR) is 82.7 cm³/mol. The third-order valence-electron chi connectivity index (χ3n) is 2.81. The summed E-state index contributed by atoms with van der Waals surface area (Å²) in [7, 11) is 0. The lowest BCUT2D eigenvalue weighted by Gasteiger charge is -2.07. The zero-order valence-electron chi connectivity index (χ0n) is 11.5. The summed E-state index contributed by atoms with van der Waals surface area (Å²) in [4.78, 5) is 23.4. The molecular formula is C16H13BrFNO3. The molecule has 0 atom stereocenters. The summed E-state index contributed by atoms with van der Waals surface area (Å²) >= 11 is 3.16. The first-order valence-corrected chi connectivity index (χ1v) is 7.28. The zero-order chi connectivity index (χ0) is 15.9. The largest absolute Gasteiger partial charge is 0.460 e. The van der Waals surface area contributed by atoms with Crippen molar-refractivity contribution in [1.29, 1.82) is 0 Å². The molecule has 1 amide bonds. The highest BCUT2D eigenvalue weighted by Gasteiger charge is 2.13. The highest BCUT2D eigenvalue weighted by molar-refractivity contribution is 9.10. The van der Waals surface area contributed by atoms with Gasteiger partial charge in [-0.1, -0.05) is 46.3 Å². The van der Waals surface area contributed by atoms with Crippen LogP contribution in [0.25, 0.3) is 0 Å². The second-order valence-electron chi connectivity index (χ2n) is 4.45. The molecule has 0 saturated heterocycles. The maximum Gasteiger partial charge on any atom is 0.325 e. The molecule has 2 aromatic carbocycles. The molecule has 0 spiro atoms. The lowest BCUT2D eigenvalue weighted by molar-refractivity contribution is -0.143. The van der Waals surface area contributed by atoms with Crippen molar-refractivity contribution in [1.82, 2.24) is 5.32 Å². The van der Waals surface area contributed by atoms with Crippen LogP contribution in [0.5, 0.6) is 0 Å². The van der Waals surface area contributed by atoms with Crippen LogP contribution in [0.15, 0.2) is 53.0 Å². The molecule has 0 bridgehead atoms. The first-order chi connectivity index (χ1) is 10.6. The predicted octanol–water partition coefficient (Wildman–Crippen LogP) is 3.06. The molecule has 0 unspecified atom stereocenters. The summed E-state index contributed by atoms with van der Waals surface area (Å²) in [5, 5.41) is 2.33. The second kappa shape index (κ2) is 7.70. The summed E-state index contributed by atoms with van der Waals surface area (Å²) in [6, 6.07) is 13.2. The van der Waals surface area contributed by atoms with Gasteiger partial charge in [-0.05, 0) is 23.8 Å². The third kappa shape index (κ3) is 4.66. The molecule has 0 fully saturated rings. The normalized spacial score (nSPS) is 10.1. The Bertz CT molecular complexity index is 676. The fourth-order valence-electron chi connectivity index (χ4n) is 1.71. The highest BCUT2D eigenvalue weighted by Crippen LogP contribution is 2.15. The molecule has 22 heavy (non-hydrogen) atoms. The van der Waals surface area contributed by atoms with Crippen molar-refractivity contribution in [2.24, 2.45) is 0 Å². The van der Waals surface area contributed by atoms with Gasteiger partial charge >= 0.3 is 5.97 Å². The smallest absolute Gasteiger partial charge is 0.325 e. The van der Waals surface area contributed by atoms with Crippen molar-refractivity contribution in [2.45, 2.75) is 6.61 Å². The quantitative estimate of drug-likeness (QED) is 0.828. The van der Waals surface area contributed by atoms with Crippen LogP contribution in [-0.2, 0) is 16.1 Å². The van der Waals surface area contributed by atoms with Gasteiger partial charge in [-0.2, -0.15) is 0 Å². The minimum atomic E-state index is -0.671. The Balaban J connectivity index is 1.83. The van der Waals surface area contributed by atoms with Crippen LogP contribution < -0.4 is 5.32 Å². The summed E-state index contributed by atoms with van der Waals surface area (Å²) in [6.07, 6.45) is 0. The van der Waals surface area contributed by atoms with Gasteiger partial charge in [0.05, 0.1) is 5.56 Å². The number of rotatable bonds is 5. The number of carbonyl (C=O) groups excluding carboxylic acids is 2. The number of halogens is 2. The van der Waals surface area contributed by atoms with Gasteiger partial charge in [0.15, 0.2) is 0 Å². The van der Waals surface area contributed by atoms with Crippen molar-refractivity contribution in [3.8, 4) is 0 Å². The summed E-state index contributed by atoms with van der Waals surface area (Å²) in [6.45, 7) is -0.196. The molecule has 1 N–H and O–H groups in total. The molecule has 0 aliphatic carbocycles. The van der Waals surface area contributed by atoms with E-state index in [1.54, 1.807) is 0 Å². The van der Waals surface area contributed by atoms with E-state index >= 15 is 0 Å². The van der Waals surface area contributed by atoms with Crippen molar-refractivity contribution < 1.29 is 18.7 Å². The molecule has 0 heterocycles. The van der Waals surface area contributed by atoms with Crippen LogP contribution in [0.3, 0.4) is 0 Å². The Hall–Kier alpha value is -2.21. The number of ether oxygens (including phenoxy) is 1. The van der Waals surface area contributed by atoms with Gasteiger partial charge in [0.1, 0.15) is 19.0 Å². The zero-order valence-corrected chi connectivity index (χ0v) is 13.1. The van der Waals surface area contributed by atoms with Crippen molar-refractivity contribution in [3.05, 3.63) is 69.9 Å². The van der Waals surface area contributed by atoms with Gasteiger partial charge < -0.3 is 10.1 Å². The van der Waals surface area contributed by atoms with E-state index in [-0.39, 0.29) is 18.7 Å². The van der Waals surface area contributed by atoms with Crippen molar-refractivity contribution >= 4 is 27.8 Å². The van der Waals surface area contributed by atoms with Gasteiger partial charge in [-0.15, -0.1) is 0 Å². The van der Waals surface area contributed by atoms with E-state index in [0.717, 1.165) is 5.56 Å². The third-order valence-corrected chi connectivity index (χ3v) is 3.30. The number of hydrogen-bond donors (Lipinski definition) is 1. The Morgan fingerprint density at radius 1 is 1.14 bits per heavy atom. The fourth-order valence-corrected chi connectivity index (χ4v) is 2.07. The van der Waals surface area contributed by atoms with E-state index in [4.69, 9.17) is 4.74 Å². The first kappa shape index (κ1) is 16.2. The first-order valence-electron chi connectivity index (χ1n) is 6.49. The highest BCUT2D eigenvalue weighted by atomic mass is 79.9. The summed E-state index contributed by atoms with van der Waals surface area (Å²) in [5.41, 5.74) is 0.713. The number of esters is 1. The van der Waals surface area contributed by atoms with Crippen LogP contribution >= 0.6 is 15.9 Å². The average molecular weight is 366 g/mol. The molecule has 114 valence electrons. The van der Waals surface area contributed by atoms with E-state index in [9.17, 15) is 14.0 Å². The van der Waals surface area contributed by atoms with Gasteiger partial charge in [-0.3, -0.25) is 9.59 Å². The monoisotopic (exact) mass is 365 g/mol. The minimum Gasteiger partial charge on any atom is -0.460 e. The summed E-state index contributed by atoms with van der Waals surface area (Å²) < 4.78 is 19.1. The Labute approximate surface area is 135 Å². The standard InChI is InChI=1S/C16H13BrFNO3/c17-12-6-7-14(18)13(8-12)16(21)19-9-15(20)22-10-11-4-2-1-3-5-11/h1-8H,9-10H2,(H,19,21). The molecular weight excluding hydrogens is 353 g/mol. The lowest BCUT2D eigenvalue weighted by Crippen LogP contribution is -2.31. The Morgan fingerprint density at radius 3 is 2.59 bits per heavy atom. The molecule has 0 radical (unpaired) electrons. The SMILES string of the molecule is O=C(CNC(=O)c1cc(Br)ccc1F)OCc1ccccc1.